The minimum atomic E-state index is -4.14. The number of hydrogen-bond acceptors (Lipinski definition) is 5. The minimum Gasteiger partial charge on any atom is -0.494 e. The van der Waals surface area contributed by atoms with E-state index in [0.29, 0.717) is 24.5 Å². The number of amides is 2. The molecule has 10 heteroatoms. The molecule has 0 fully saturated rings. The predicted molar refractivity (Wildman–Crippen MR) is 166 cm³/mol. The van der Waals surface area contributed by atoms with Crippen LogP contribution in [0.1, 0.15) is 39.7 Å². The van der Waals surface area contributed by atoms with E-state index in [1.807, 2.05) is 51.1 Å². The van der Waals surface area contributed by atoms with Gasteiger partial charge in [0.25, 0.3) is 10.0 Å². The predicted octanol–water partition coefficient (Wildman–Crippen LogP) is 5.42. The van der Waals surface area contributed by atoms with Crippen molar-refractivity contribution in [1.82, 2.24) is 10.2 Å². The summed E-state index contributed by atoms with van der Waals surface area (Å²) < 4.78 is 35.2. The van der Waals surface area contributed by atoms with Gasteiger partial charge in [-0.15, -0.1) is 0 Å². The molecule has 0 bridgehead atoms. The van der Waals surface area contributed by atoms with Crippen molar-refractivity contribution in [3.05, 3.63) is 88.9 Å². The molecule has 0 aliphatic heterocycles. The van der Waals surface area contributed by atoms with Crippen molar-refractivity contribution in [2.45, 2.75) is 57.5 Å². The Morgan fingerprint density at radius 2 is 1.56 bits per heavy atom. The molecule has 0 heterocycles. The number of sulfonamides is 1. The number of halogens is 1. The number of ether oxygens (including phenoxy) is 1. The zero-order valence-electron chi connectivity index (χ0n) is 23.9. The lowest BCUT2D eigenvalue weighted by molar-refractivity contribution is -0.139. The van der Waals surface area contributed by atoms with Crippen LogP contribution in [0.3, 0.4) is 0 Å². The third-order valence-corrected chi connectivity index (χ3v) is 9.09. The Balaban J connectivity index is 1.98. The fourth-order valence-corrected chi connectivity index (χ4v) is 5.85. The highest BCUT2D eigenvalue weighted by molar-refractivity contribution is 9.10. The number of carbonyl (C=O) groups is 2. The molecule has 1 N–H and O–H groups in total. The summed E-state index contributed by atoms with van der Waals surface area (Å²) >= 11 is 3.34. The molecule has 2 amide bonds. The second-order valence-corrected chi connectivity index (χ2v) is 12.5. The molecular formula is C31H38BrN3O5S. The van der Waals surface area contributed by atoms with Crippen LogP contribution in [0.2, 0.25) is 0 Å². The molecule has 0 saturated heterocycles. The van der Waals surface area contributed by atoms with E-state index in [-0.39, 0.29) is 23.4 Å². The van der Waals surface area contributed by atoms with Crippen LogP contribution in [0.25, 0.3) is 0 Å². The number of carbonyl (C=O) groups excluding carboxylic acids is 2. The Kier molecular flexibility index (Phi) is 11.8. The molecule has 0 aliphatic rings. The van der Waals surface area contributed by atoms with Gasteiger partial charge >= 0.3 is 0 Å². The Labute approximate surface area is 251 Å². The number of hydrogen-bond donors (Lipinski definition) is 1. The van der Waals surface area contributed by atoms with Gasteiger partial charge in [0, 0.05) is 17.1 Å². The van der Waals surface area contributed by atoms with E-state index in [1.165, 1.54) is 17.0 Å². The van der Waals surface area contributed by atoms with Gasteiger partial charge in [-0.3, -0.25) is 13.9 Å². The van der Waals surface area contributed by atoms with Crippen LogP contribution in [0.5, 0.6) is 5.75 Å². The van der Waals surface area contributed by atoms with Crippen LogP contribution in [-0.4, -0.2) is 56.9 Å². The average molecular weight is 645 g/mol. The smallest absolute Gasteiger partial charge is 0.264 e. The van der Waals surface area contributed by atoms with E-state index in [9.17, 15) is 18.0 Å². The summed E-state index contributed by atoms with van der Waals surface area (Å²) in [5, 5.41) is 2.94. The molecule has 8 nitrogen and oxygen atoms in total. The lowest BCUT2D eigenvalue weighted by atomic mass is 10.1. The molecular weight excluding hydrogens is 606 g/mol. The first kappa shape index (κ1) is 32.1. The molecule has 3 rings (SSSR count). The molecule has 3 aromatic rings. The lowest BCUT2D eigenvalue weighted by Gasteiger charge is -2.32. The highest BCUT2D eigenvalue weighted by Crippen LogP contribution is 2.27. The summed E-state index contributed by atoms with van der Waals surface area (Å²) in [5.74, 6) is -0.185. The van der Waals surface area contributed by atoms with Crippen LogP contribution in [0, 0.1) is 0 Å². The molecule has 41 heavy (non-hydrogen) atoms. The number of nitrogens with zero attached hydrogens (tertiary/aromatic N) is 2. The number of benzene rings is 3. The van der Waals surface area contributed by atoms with Crippen molar-refractivity contribution in [2.75, 3.05) is 24.0 Å². The maximum absolute atomic E-state index is 14.0. The SMILES string of the molecule is CCOc1ccc(N(CC(=O)N(CCc2ccccc2)C(C)C(=O)NC(C)CC)S(=O)(=O)c2ccc(Br)cc2)cc1. The van der Waals surface area contributed by atoms with E-state index in [1.54, 1.807) is 43.3 Å². The number of rotatable bonds is 14. The van der Waals surface area contributed by atoms with Gasteiger partial charge in [0.15, 0.2) is 0 Å². The summed E-state index contributed by atoms with van der Waals surface area (Å²) in [6, 6.07) is 21.6. The van der Waals surface area contributed by atoms with Gasteiger partial charge in [-0.2, -0.15) is 0 Å². The van der Waals surface area contributed by atoms with Crippen molar-refractivity contribution < 1.29 is 22.7 Å². The average Bonchev–Trinajstić information content (AvgIpc) is 2.97. The Hall–Kier alpha value is -3.37. The van der Waals surface area contributed by atoms with Gasteiger partial charge in [0.05, 0.1) is 17.2 Å². The molecule has 3 aromatic carbocycles. The molecule has 0 spiro atoms. The van der Waals surface area contributed by atoms with E-state index >= 15 is 0 Å². The molecule has 220 valence electrons. The van der Waals surface area contributed by atoms with Crippen molar-refractivity contribution in [1.29, 1.82) is 0 Å². The fraction of sp³-hybridized carbons (Fsp3) is 0.355. The molecule has 0 aromatic heterocycles. The second kappa shape index (κ2) is 15.0. The van der Waals surface area contributed by atoms with Crippen LogP contribution >= 0.6 is 15.9 Å². The first-order valence-electron chi connectivity index (χ1n) is 13.7. The molecule has 2 atom stereocenters. The summed E-state index contributed by atoms with van der Waals surface area (Å²) in [6.45, 7) is 7.63. The van der Waals surface area contributed by atoms with Crippen molar-refractivity contribution in [2.24, 2.45) is 0 Å². The van der Waals surface area contributed by atoms with Gasteiger partial charge in [0.2, 0.25) is 11.8 Å². The van der Waals surface area contributed by atoms with Gasteiger partial charge in [-0.05, 0) is 87.7 Å². The van der Waals surface area contributed by atoms with Gasteiger partial charge in [-0.1, -0.05) is 53.2 Å². The van der Waals surface area contributed by atoms with Gasteiger partial charge in [0.1, 0.15) is 18.3 Å². The zero-order chi connectivity index (χ0) is 30.0. The second-order valence-electron chi connectivity index (χ2n) is 9.71. The summed E-state index contributed by atoms with van der Waals surface area (Å²) in [7, 11) is -4.14. The van der Waals surface area contributed by atoms with Crippen LogP contribution in [0.4, 0.5) is 5.69 Å². The normalized spacial score (nSPS) is 12.7. The van der Waals surface area contributed by atoms with E-state index in [2.05, 4.69) is 21.2 Å². The monoisotopic (exact) mass is 643 g/mol. The van der Waals surface area contributed by atoms with Crippen LogP contribution in [0.15, 0.2) is 88.2 Å². The molecule has 2 unspecified atom stereocenters. The number of anilines is 1. The quantitative estimate of drug-likeness (QED) is 0.253. The largest absolute Gasteiger partial charge is 0.494 e. The topological polar surface area (TPSA) is 96.0 Å². The van der Waals surface area contributed by atoms with Crippen molar-refractivity contribution in [3.63, 3.8) is 0 Å². The van der Waals surface area contributed by atoms with Gasteiger partial charge in [-0.25, -0.2) is 8.42 Å². The Bertz CT molecular complexity index is 1380. The molecule has 0 saturated carbocycles. The molecule has 0 radical (unpaired) electrons. The van der Waals surface area contributed by atoms with Crippen LogP contribution < -0.4 is 14.4 Å². The zero-order valence-corrected chi connectivity index (χ0v) is 26.3. The maximum atomic E-state index is 14.0. The van der Waals surface area contributed by atoms with Crippen LogP contribution in [-0.2, 0) is 26.0 Å². The van der Waals surface area contributed by atoms with E-state index in [4.69, 9.17) is 4.74 Å². The standard InChI is InChI=1S/C31H38BrN3O5S/c1-5-23(3)33-31(37)24(4)34(21-20-25-10-8-7-9-11-25)30(36)22-35(27-14-16-28(17-15-27)40-6-2)41(38,39)29-18-12-26(32)13-19-29/h7-19,23-24H,5-6,20-22H2,1-4H3,(H,33,37). The highest BCUT2D eigenvalue weighted by atomic mass is 79.9. The maximum Gasteiger partial charge on any atom is 0.264 e. The Morgan fingerprint density at radius 1 is 0.927 bits per heavy atom. The highest BCUT2D eigenvalue weighted by Gasteiger charge is 2.32. The van der Waals surface area contributed by atoms with Gasteiger partial charge < -0.3 is 15.0 Å². The van der Waals surface area contributed by atoms with E-state index < -0.39 is 28.5 Å². The summed E-state index contributed by atoms with van der Waals surface area (Å²) in [6.07, 6.45) is 1.25. The Morgan fingerprint density at radius 3 is 2.15 bits per heavy atom. The first-order valence-corrected chi connectivity index (χ1v) is 15.9. The fourth-order valence-electron chi connectivity index (χ4n) is 4.17. The third kappa shape index (κ3) is 8.81. The van der Waals surface area contributed by atoms with Crippen molar-refractivity contribution >= 4 is 43.5 Å². The molecule has 0 aliphatic carbocycles. The first-order chi connectivity index (χ1) is 19.6. The van der Waals surface area contributed by atoms with Crippen molar-refractivity contribution in [3.8, 4) is 5.75 Å². The number of nitrogens with one attached hydrogen (secondary N) is 1. The third-order valence-electron chi connectivity index (χ3n) is 6.77. The van der Waals surface area contributed by atoms with E-state index in [0.717, 1.165) is 20.8 Å². The minimum absolute atomic E-state index is 0.0424. The summed E-state index contributed by atoms with van der Waals surface area (Å²) in [4.78, 5) is 28.6. The lowest BCUT2D eigenvalue weighted by Crippen LogP contribution is -2.53. The summed E-state index contributed by atoms with van der Waals surface area (Å²) in [5.41, 5.74) is 1.31.